The number of carbonyl (C=O) groups is 1. The summed E-state index contributed by atoms with van der Waals surface area (Å²) >= 11 is 3.26. The van der Waals surface area contributed by atoms with Crippen molar-refractivity contribution in [3.8, 4) is 0 Å². The number of rotatable bonds is 3. The van der Waals surface area contributed by atoms with Crippen LogP contribution in [0.3, 0.4) is 0 Å². The normalized spacial score (nSPS) is 10.3. The number of anilines is 1. The maximum Gasteiger partial charge on any atom is 0.255 e. The van der Waals surface area contributed by atoms with Crippen LogP contribution in [0.4, 0.5) is 5.69 Å². The maximum absolute atomic E-state index is 12.1. The van der Waals surface area contributed by atoms with Gasteiger partial charge in [0, 0.05) is 17.4 Å². The highest BCUT2D eigenvalue weighted by Crippen LogP contribution is 2.17. The van der Waals surface area contributed by atoms with Gasteiger partial charge in [-0.25, -0.2) is 4.98 Å². The molecular weight excluding hydrogens is 304 g/mol. The van der Waals surface area contributed by atoms with Crippen molar-refractivity contribution in [1.82, 2.24) is 4.98 Å². The van der Waals surface area contributed by atoms with Gasteiger partial charge in [-0.3, -0.25) is 4.79 Å². The van der Waals surface area contributed by atoms with Crippen molar-refractivity contribution in [1.29, 1.82) is 0 Å². The van der Waals surface area contributed by atoms with Crippen LogP contribution in [0.25, 0.3) is 0 Å². The minimum Gasteiger partial charge on any atom is -0.322 e. The molecule has 19 heavy (non-hydrogen) atoms. The lowest BCUT2D eigenvalue weighted by Gasteiger charge is -2.09. The summed E-state index contributed by atoms with van der Waals surface area (Å²) in [6.45, 7) is 4.17. The van der Waals surface area contributed by atoms with Gasteiger partial charge in [0.25, 0.3) is 5.91 Å². The largest absolute Gasteiger partial charge is 0.322 e. The molecule has 3 nitrogen and oxygen atoms in total. The summed E-state index contributed by atoms with van der Waals surface area (Å²) < 4.78 is 0.651. The van der Waals surface area contributed by atoms with E-state index in [2.05, 4.69) is 40.1 Å². The number of aromatic nitrogens is 1. The molecule has 0 aliphatic rings. The van der Waals surface area contributed by atoms with E-state index in [1.807, 2.05) is 18.2 Å². The zero-order valence-corrected chi connectivity index (χ0v) is 12.5. The Labute approximate surface area is 121 Å². The van der Waals surface area contributed by atoms with E-state index in [1.54, 1.807) is 18.3 Å². The Kier molecular flexibility index (Phi) is 4.32. The van der Waals surface area contributed by atoms with Crippen molar-refractivity contribution in [2.45, 2.75) is 20.3 Å². The first-order valence-electron chi connectivity index (χ1n) is 6.12. The summed E-state index contributed by atoms with van der Waals surface area (Å²) in [7, 11) is 0. The third kappa shape index (κ3) is 3.41. The number of amides is 1. The number of aryl methyl sites for hydroxylation is 2. The predicted molar refractivity (Wildman–Crippen MR) is 80.4 cm³/mol. The Morgan fingerprint density at radius 3 is 2.74 bits per heavy atom. The number of carbonyl (C=O) groups excluding carboxylic acids is 1. The second-order valence-electron chi connectivity index (χ2n) is 4.32. The van der Waals surface area contributed by atoms with Crippen LogP contribution in [0.2, 0.25) is 0 Å². The van der Waals surface area contributed by atoms with Crippen LogP contribution >= 0.6 is 15.9 Å². The number of nitrogens with one attached hydrogen (secondary N) is 1. The van der Waals surface area contributed by atoms with Crippen LogP contribution in [-0.2, 0) is 6.42 Å². The summed E-state index contributed by atoms with van der Waals surface area (Å²) in [5.74, 6) is -0.133. The van der Waals surface area contributed by atoms with E-state index < -0.39 is 0 Å². The Balaban J connectivity index is 2.17. The van der Waals surface area contributed by atoms with E-state index in [1.165, 1.54) is 11.1 Å². The first kappa shape index (κ1) is 13.7. The second kappa shape index (κ2) is 5.97. The fourth-order valence-corrected chi connectivity index (χ4v) is 2.28. The number of halogens is 1. The van der Waals surface area contributed by atoms with Crippen molar-refractivity contribution >= 4 is 27.5 Å². The van der Waals surface area contributed by atoms with Gasteiger partial charge in [-0.2, -0.15) is 0 Å². The Morgan fingerprint density at radius 2 is 2.11 bits per heavy atom. The lowest BCUT2D eigenvalue weighted by molar-refractivity contribution is 0.102. The third-order valence-electron chi connectivity index (χ3n) is 2.97. The Morgan fingerprint density at radius 1 is 1.32 bits per heavy atom. The van der Waals surface area contributed by atoms with Gasteiger partial charge in [-0.1, -0.05) is 13.0 Å². The van der Waals surface area contributed by atoms with Gasteiger partial charge in [-0.15, -0.1) is 0 Å². The van der Waals surface area contributed by atoms with Crippen molar-refractivity contribution in [3.05, 3.63) is 57.8 Å². The van der Waals surface area contributed by atoms with Gasteiger partial charge >= 0.3 is 0 Å². The van der Waals surface area contributed by atoms with Crippen LogP contribution in [0.1, 0.15) is 28.4 Å². The Hall–Kier alpha value is -1.68. The lowest BCUT2D eigenvalue weighted by atomic mass is 10.1. The summed E-state index contributed by atoms with van der Waals surface area (Å²) in [5.41, 5.74) is 3.88. The highest BCUT2D eigenvalue weighted by molar-refractivity contribution is 9.10. The highest BCUT2D eigenvalue weighted by atomic mass is 79.9. The van der Waals surface area contributed by atoms with Crippen LogP contribution in [0, 0.1) is 6.92 Å². The van der Waals surface area contributed by atoms with Gasteiger partial charge in [0.1, 0.15) is 4.60 Å². The molecule has 0 fully saturated rings. The van der Waals surface area contributed by atoms with Gasteiger partial charge in [0.05, 0.1) is 0 Å². The van der Waals surface area contributed by atoms with Crippen molar-refractivity contribution in [2.75, 3.05) is 5.32 Å². The monoisotopic (exact) mass is 318 g/mol. The number of hydrogen-bond acceptors (Lipinski definition) is 2. The van der Waals surface area contributed by atoms with Gasteiger partial charge < -0.3 is 5.32 Å². The summed E-state index contributed by atoms with van der Waals surface area (Å²) in [6, 6.07) is 9.36. The predicted octanol–water partition coefficient (Wildman–Crippen LogP) is 3.97. The number of benzene rings is 1. The fraction of sp³-hybridized carbons (Fsp3) is 0.200. The molecule has 1 aromatic carbocycles. The van der Waals surface area contributed by atoms with Gasteiger partial charge in [0.15, 0.2) is 0 Å². The first-order chi connectivity index (χ1) is 9.10. The fourth-order valence-electron chi connectivity index (χ4n) is 1.92. The Bertz CT molecular complexity index is 611. The zero-order valence-electron chi connectivity index (χ0n) is 10.9. The molecule has 2 rings (SSSR count). The van der Waals surface area contributed by atoms with E-state index in [0.717, 1.165) is 12.1 Å². The molecule has 1 aromatic heterocycles. The van der Waals surface area contributed by atoms with Gasteiger partial charge in [-0.05, 0) is 64.7 Å². The smallest absolute Gasteiger partial charge is 0.255 e. The van der Waals surface area contributed by atoms with E-state index >= 15 is 0 Å². The molecule has 1 N–H and O–H groups in total. The number of pyridine rings is 1. The van der Waals surface area contributed by atoms with Crippen molar-refractivity contribution < 1.29 is 4.79 Å². The third-order valence-corrected chi connectivity index (χ3v) is 3.40. The molecule has 0 saturated heterocycles. The van der Waals surface area contributed by atoms with E-state index in [-0.39, 0.29) is 5.91 Å². The molecule has 98 valence electrons. The minimum absolute atomic E-state index is 0.133. The zero-order chi connectivity index (χ0) is 13.8. The molecule has 0 radical (unpaired) electrons. The van der Waals surface area contributed by atoms with E-state index in [4.69, 9.17) is 0 Å². The van der Waals surface area contributed by atoms with Crippen LogP contribution < -0.4 is 5.32 Å². The summed E-state index contributed by atoms with van der Waals surface area (Å²) in [6.07, 6.45) is 2.60. The highest BCUT2D eigenvalue weighted by Gasteiger charge is 2.07. The molecule has 1 heterocycles. The molecule has 0 aliphatic heterocycles. The molecule has 0 unspecified atom stereocenters. The molecule has 0 atom stereocenters. The van der Waals surface area contributed by atoms with Crippen molar-refractivity contribution in [2.24, 2.45) is 0 Å². The van der Waals surface area contributed by atoms with Crippen molar-refractivity contribution in [3.63, 3.8) is 0 Å². The molecule has 4 heteroatoms. The van der Waals surface area contributed by atoms with Gasteiger partial charge in [0.2, 0.25) is 0 Å². The molecule has 2 aromatic rings. The summed E-state index contributed by atoms with van der Waals surface area (Å²) in [5, 5.41) is 2.89. The van der Waals surface area contributed by atoms with E-state index in [0.29, 0.717) is 10.2 Å². The summed E-state index contributed by atoms with van der Waals surface area (Å²) in [4.78, 5) is 16.1. The molecule has 0 aliphatic carbocycles. The first-order valence-corrected chi connectivity index (χ1v) is 6.92. The average Bonchev–Trinajstić information content (AvgIpc) is 2.39. The quantitative estimate of drug-likeness (QED) is 0.870. The standard InChI is InChI=1S/C15H15BrN2O/c1-3-11-4-5-13(8-10(11)2)18-15(19)12-6-7-17-14(16)9-12/h4-9H,3H2,1-2H3,(H,18,19). The molecule has 1 amide bonds. The van der Waals surface area contributed by atoms with Crippen LogP contribution in [0.15, 0.2) is 41.1 Å². The topological polar surface area (TPSA) is 42.0 Å². The molecule has 0 bridgehead atoms. The molecular formula is C15H15BrN2O. The maximum atomic E-state index is 12.1. The second-order valence-corrected chi connectivity index (χ2v) is 5.13. The number of hydrogen-bond donors (Lipinski definition) is 1. The molecule has 0 saturated carbocycles. The van der Waals surface area contributed by atoms with Crippen LogP contribution in [-0.4, -0.2) is 10.9 Å². The lowest BCUT2D eigenvalue weighted by Crippen LogP contribution is -2.12. The number of nitrogens with zero attached hydrogens (tertiary/aromatic N) is 1. The van der Waals surface area contributed by atoms with Crippen LogP contribution in [0.5, 0.6) is 0 Å². The minimum atomic E-state index is -0.133. The molecule has 0 spiro atoms. The SMILES string of the molecule is CCc1ccc(NC(=O)c2ccnc(Br)c2)cc1C. The van der Waals surface area contributed by atoms with E-state index in [9.17, 15) is 4.79 Å². The average molecular weight is 319 g/mol.